The van der Waals surface area contributed by atoms with Gasteiger partial charge >= 0.3 is 0 Å². The predicted molar refractivity (Wildman–Crippen MR) is 106 cm³/mol. The van der Waals surface area contributed by atoms with Gasteiger partial charge in [0.15, 0.2) is 0 Å². The molecule has 27 heavy (non-hydrogen) atoms. The fraction of sp³-hybridized carbons (Fsp3) is 0.650. The van der Waals surface area contributed by atoms with Gasteiger partial charge in [-0.15, -0.1) is 0 Å². The molecule has 1 aliphatic rings. The maximum Gasteiger partial charge on any atom is 0.243 e. The van der Waals surface area contributed by atoms with Crippen molar-refractivity contribution in [3.05, 3.63) is 24.3 Å². The second-order valence-corrected chi connectivity index (χ2v) is 9.73. The van der Waals surface area contributed by atoms with Crippen LogP contribution in [0.2, 0.25) is 0 Å². The Kier molecular flexibility index (Phi) is 7.68. The van der Waals surface area contributed by atoms with Crippen molar-refractivity contribution in [1.29, 1.82) is 0 Å². The van der Waals surface area contributed by atoms with Gasteiger partial charge in [-0.3, -0.25) is 4.79 Å². The van der Waals surface area contributed by atoms with E-state index >= 15 is 0 Å². The molecule has 0 atom stereocenters. The smallest absolute Gasteiger partial charge is 0.243 e. The maximum atomic E-state index is 12.8. The molecule has 1 aliphatic heterocycles. The quantitative estimate of drug-likeness (QED) is 0.733. The lowest BCUT2D eigenvalue weighted by molar-refractivity contribution is -0.126. The lowest BCUT2D eigenvalue weighted by Gasteiger charge is -2.30. The summed E-state index contributed by atoms with van der Waals surface area (Å²) in [6.45, 7) is 9.51. The average Bonchev–Trinajstić information content (AvgIpc) is 2.61. The Bertz CT molecular complexity index is 706. The normalized spacial score (nSPS) is 16.7. The van der Waals surface area contributed by atoms with Crippen molar-refractivity contribution in [2.45, 2.75) is 58.0 Å². The Morgan fingerprint density at radius 1 is 1.15 bits per heavy atom. The minimum atomic E-state index is -3.54. The van der Waals surface area contributed by atoms with Gasteiger partial charge in [-0.1, -0.05) is 13.8 Å². The zero-order valence-electron chi connectivity index (χ0n) is 16.8. The number of benzene rings is 1. The number of hydrogen-bond donors (Lipinski definition) is 1. The average molecular weight is 397 g/mol. The molecule has 0 unspecified atom stereocenters. The number of carbonyl (C=O) groups is 1. The van der Waals surface area contributed by atoms with Crippen LogP contribution < -0.4 is 10.1 Å². The fourth-order valence-electron chi connectivity index (χ4n) is 3.10. The molecular formula is C20H32N2O4S. The van der Waals surface area contributed by atoms with Gasteiger partial charge < -0.3 is 10.1 Å². The number of carbonyl (C=O) groups excluding carboxylic acids is 1. The largest absolute Gasteiger partial charge is 0.491 e. The molecule has 1 aromatic rings. The van der Waals surface area contributed by atoms with Crippen LogP contribution in [0.15, 0.2) is 29.2 Å². The van der Waals surface area contributed by atoms with Crippen molar-refractivity contribution >= 4 is 15.9 Å². The van der Waals surface area contributed by atoms with E-state index in [1.807, 2.05) is 13.8 Å². The van der Waals surface area contributed by atoms with E-state index in [0.29, 0.717) is 44.1 Å². The second kappa shape index (κ2) is 9.55. The number of ether oxygens (including phenoxy) is 1. The Hall–Kier alpha value is -1.60. The van der Waals surface area contributed by atoms with Crippen LogP contribution in [0.25, 0.3) is 0 Å². The Balaban J connectivity index is 1.91. The highest BCUT2D eigenvalue weighted by Gasteiger charge is 2.32. The summed E-state index contributed by atoms with van der Waals surface area (Å²) in [5.74, 6) is 1.14. The van der Waals surface area contributed by atoms with Crippen LogP contribution in [0.1, 0.15) is 47.0 Å². The third kappa shape index (κ3) is 6.21. The molecular weight excluding hydrogens is 364 g/mol. The van der Waals surface area contributed by atoms with Crippen molar-refractivity contribution in [2.24, 2.45) is 11.8 Å². The molecule has 0 bridgehead atoms. The third-order valence-electron chi connectivity index (χ3n) is 4.68. The number of rotatable bonds is 8. The Morgan fingerprint density at radius 3 is 2.26 bits per heavy atom. The van der Waals surface area contributed by atoms with E-state index in [9.17, 15) is 13.2 Å². The topological polar surface area (TPSA) is 75.7 Å². The van der Waals surface area contributed by atoms with Crippen LogP contribution in [-0.2, 0) is 14.8 Å². The van der Waals surface area contributed by atoms with E-state index in [0.717, 1.165) is 6.42 Å². The number of piperidine rings is 1. The number of amides is 1. The number of hydrogen-bond acceptors (Lipinski definition) is 4. The first-order valence-corrected chi connectivity index (χ1v) is 11.2. The molecule has 1 fully saturated rings. The standard InChI is InChI=1S/C20H32N2O4S/c1-15(2)9-12-21-20(23)17-10-13-22(14-11-17)27(24,25)19-7-5-18(6-8-19)26-16(3)4/h5-8,15-17H,9-14H2,1-4H3,(H,21,23). The van der Waals surface area contributed by atoms with Gasteiger partial charge in [-0.25, -0.2) is 8.42 Å². The molecule has 6 nitrogen and oxygen atoms in total. The minimum absolute atomic E-state index is 0.0400. The van der Waals surface area contributed by atoms with Crippen molar-refractivity contribution in [3.8, 4) is 5.75 Å². The van der Waals surface area contributed by atoms with E-state index in [4.69, 9.17) is 4.74 Å². The van der Waals surface area contributed by atoms with Crippen LogP contribution in [0.3, 0.4) is 0 Å². The molecule has 1 heterocycles. The highest BCUT2D eigenvalue weighted by atomic mass is 32.2. The summed E-state index contributed by atoms with van der Waals surface area (Å²) >= 11 is 0. The summed E-state index contributed by atoms with van der Waals surface area (Å²) in [6.07, 6.45) is 2.11. The van der Waals surface area contributed by atoms with Gasteiger partial charge in [0, 0.05) is 25.6 Å². The first-order chi connectivity index (χ1) is 12.7. The van der Waals surface area contributed by atoms with E-state index in [1.54, 1.807) is 24.3 Å². The molecule has 0 saturated carbocycles. The summed E-state index contributed by atoms with van der Waals surface area (Å²) < 4.78 is 32.7. The summed E-state index contributed by atoms with van der Waals surface area (Å²) in [6, 6.07) is 6.53. The molecule has 0 radical (unpaired) electrons. The fourth-order valence-corrected chi connectivity index (χ4v) is 4.57. The molecule has 152 valence electrons. The van der Waals surface area contributed by atoms with Crippen LogP contribution in [0.4, 0.5) is 0 Å². The SMILES string of the molecule is CC(C)CCNC(=O)C1CCN(S(=O)(=O)c2ccc(OC(C)C)cc2)CC1. The number of sulfonamides is 1. The molecule has 2 rings (SSSR count). The minimum Gasteiger partial charge on any atom is -0.491 e. The van der Waals surface area contributed by atoms with Gasteiger partial charge in [-0.05, 0) is 63.3 Å². The van der Waals surface area contributed by atoms with E-state index in [-0.39, 0.29) is 22.8 Å². The van der Waals surface area contributed by atoms with Crippen molar-refractivity contribution in [3.63, 3.8) is 0 Å². The third-order valence-corrected chi connectivity index (χ3v) is 6.59. The highest BCUT2D eigenvalue weighted by molar-refractivity contribution is 7.89. The van der Waals surface area contributed by atoms with Crippen molar-refractivity contribution in [2.75, 3.05) is 19.6 Å². The Morgan fingerprint density at radius 2 is 1.74 bits per heavy atom. The second-order valence-electron chi connectivity index (χ2n) is 7.79. The van der Waals surface area contributed by atoms with E-state index in [1.165, 1.54) is 4.31 Å². The number of nitrogens with one attached hydrogen (secondary N) is 1. The van der Waals surface area contributed by atoms with E-state index in [2.05, 4.69) is 19.2 Å². The van der Waals surface area contributed by atoms with Gasteiger partial charge in [0.1, 0.15) is 5.75 Å². The van der Waals surface area contributed by atoms with Gasteiger partial charge in [0.05, 0.1) is 11.0 Å². The van der Waals surface area contributed by atoms with Gasteiger partial charge in [0.25, 0.3) is 0 Å². The van der Waals surface area contributed by atoms with Crippen LogP contribution in [0.5, 0.6) is 5.75 Å². The molecule has 1 aromatic carbocycles. The van der Waals surface area contributed by atoms with Crippen LogP contribution >= 0.6 is 0 Å². The molecule has 0 aromatic heterocycles. The molecule has 7 heteroatoms. The highest BCUT2D eigenvalue weighted by Crippen LogP contribution is 2.25. The number of nitrogens with zero attached hydrogens (tertiary/aromatic N) is 1. The van der Waals surface area contributed by atoms with Crippen LogP contribution in [-0.4, -0.2) is 44.4 Å². The summed E-state index contributed by atoms with van der Waals surface area (Å²) in [5, 5.41) is 2.97. The van der Waals surface area contributed by atoms with E-state index < -0.39 is 10.0 Å². The summed E-state index contributed by atoms with van der Waals surface area (Å²) in [7, 11) is -3.54. The summed E-state index contributed by atoms with van der Waals surface area (Å²) in [4.78, 5) is 12.5. The first-order valence-electron chi connectivity index (χ1n) is 9.74. The van der Waals surface area contributed by atoms with Gasteiger partial charge in [-0.2, -0.15) is 4.31 Å². The van der Waals surface area contributed by atoms with Crippen molar-refractivity contribution < 1.29 is 17.9 Å². The van der Waals surface area contributed by atoms with Gasteiger partial charge in [0.2, 0.25) is 15.9 Å². The first kappa shape index (κ1) is 21.7. The molecule has 1 N–H and O–H groups in total. The van der Waals surface area contributed by atoms with Crippen molar-refractivity contribution in [1.82, 2.24) is 9.62 Å². The Labute approximate surface area is 163 Å². The molecule has 1 saturated heterocycles. The predicted octanol–water partition coefficient (Wildman–Crippen LogP) is 3.04. The van der Waals surface area contributed by atoms with Crippen LogP contribution in [0, 0.1) is 11.8 Å². The molecule has 1 amide bonds. The lowest BCUT2D eigenvalue weighted by atomic mass is 9.97. The lowest BCUT2D eigenvalue weighted by Crippen LogP contribution is -2.43. The zero-order chi connectivity index (χ0) is 20.0. The summed E-state index contributed by atoms with van der Waals surface area (Å²) in [5.41, 5.74) is 0. The maximum absolute atomic E-state index is 12.8. The molecule has 0 aliphatic carbocycles. The monoisotopic (exact) mass is 396 g/mol. The zero-order valence-corrected chi connectivity index (χ0v) is 17.6. The molecule has 0 spiro atoms.